The normalized spacial score (nSPS) is 11.6. The Balaban J connectivity index is 2.94. The minimum atomic E-state index is 0.819. The maximum absolute atomic E-state index is 5.63. The molecule has 0 radical (unpaired) electrons. The number of ether oxygens (including phenoxy) is 1. The predicted octanol–water partition coefficient (Wildman–Crippen LogP) is 5.44. The van der Waals surface area contributed by atoms with Gasteiger partial charge < -0.3 is 4.74 Å². The van der Waals surface area contributed by atoms with Crippen molar-refractivity contribution in [2.45, 2.75) is 79.1 Å². The molecule has 17 heavy (non-hydrogen) atoms. The Morgan fingerprint density at radius 2 is 1.06 bits per heavy atom. The van der Waals surface area contributed by atoms with Crippen LogP contribution in [0, 0.1) is 11.8 Å². The highest BCUT2D eigenvalue weighted by Gasteiger charge is 1.96. The minimum absolute atomic E-state index is 0.819. The molecule has 0 spiro atoms. The summed E-state index contributed by atoms with van der Waals surface area (Å²) in [5.41, 5.74) is 0. The summed E-state index contributed by atoms with van der Waals surface area (Å²) in [4.78, 5) is 0. The molecule has 0 aromatic rings. The molecule has 0 fully saturated rings. The average molecular weight is 242 g/mol. The molecule has 0 unspecified atom stereocenters. The summed E-state index contributed by atoms with van der Waals surface area (Å²) in [6.45, 7) is 11.1. The fourth-order valence-electron chi connectivity index (χ4n) is 1.98. The molecule has 0 atom stereocenters. The van der Waals surface area contributed by atoms with Gasteiger partial charge in [-0.3, -0.25) is 0 Å². The van der Waals surface area contributed by atoms with Crippen LogP contribution >= 0.6 is 0 Å². The topological polar surface area (TPSA) is 9.23 Å². The SMILES string of the molecule is CC(C)CCCCCCCOCCCC(C)C. The molecule has 0 saturated heterocycles. The predicted molar refractivity (Wildman–Crippen MR) is 77.4 cm³/mol. The molecule has 104 valence electrons. The Hall–Kier alpha value is -0.0400. The van der Waals surface area contributed by atoms with Gasteiger partial charge in [0, 0.05) is 13.2 Å². The second-order valence-corrected chi connectivity index (χ2v) is 6.10. The monoisotopic (exact) mass is 242 g/mol. The van der Waals surface area contributed by atoms with Crippen molar-refractivity contribution in [1.29, 1.82) is 0 Å². The van der Waals surface area contributed by atoms with Gasteiger partial charge in [-0.15, -0.1) is 0 Å². The van der Waals surface area contributed by atoms with Gasteiger partial charge in [0.15, 0.2) is 0 Å². The summed E-state index contributed by atoms with van der Waals surface area (Å²) in [7, 11) is 0. The zero-order valence-electron chi connectivity index (χ0n) is 12.6. The van der Waals surface area contributed by atoms with Gasteiger partial charge in [-0.05, 0) is 31.1 Å². The largest absolute Gasteiger partial charge is 0.381 e. The van der Waals surface area contributed by atoms with Crippen molar-refractivity contribution in [2.24, 2.45) is 11.8 Å². The first-order chi connectivity index (χ1) is 8.13. The van der Waals surface area contributed by atoms with Crippen LogP contribution < -0.4 is 0 Å². The summed E-state index contributed by atoms with van der Waals surface area (Å²) in [6.07, 6.45) is 10.7. The number of rotatable bonds is 12. The summed E-state index contributed by atoms with van der Waals surface area (Å²) >= 11 is 0. The smallest absolute Gasteiger partial charge is 0.0466 e. The third kappa shape index (κ3) is 16.0. The van der Waals surface area contributed by atoms with Crippen LogP contribution in [0.3, 0.4) is 0 Å². The third-order valence-electron chi connectivity index (χ3n) is 3.14. The van der Waals surface area contributed by atoms with Gasteiger partial charge in [-0.1, -0.05) is 59.8 Å². The van der Waals surface area contributed by atoms with Crippen LogP contribution in [-0.4, -0.2) is 13.2 Å². The van der Waals surface area contributed by atoms with Crippen molar-refractivity contribution in [1.82, 2.24) is 0 Å². The Kier molecular flexibility index (Phi) is 12.4. The van der Waals surface area contributed by atoms with E-state index in [9.17, 15) is 0 Å². The zero-order valence-corrected chi connectivity index (χ0v) is 12.6. The second-order valence-electron chi connectivity index (χ2n) is 6.10. The van der Waals surface area contributed by atoms with E-state index in [0.29, 0.717) is 0 Å². The maximum Gasteiger partial charge on any atom is 0.0466 e. The molecule has 0 N–H and O–H groups in total. The molecule has 1 heteroatoms. The lowest BCUT2D eigenvalue weighted by atomic mass is 10.0. The lowest BCUT2D eigenvalue weighted by Crippen LogP contribution is -1.99. The van der Waals surface area contributed by atoms with Crippen LogP contribution in [0.2, 0.25) is 0 Å². The van der Waals surface area contributed by atoms with Crippen LogP contribution in [0.1, 0.15) is 79.1 Å². The van der Waals surface area contributed by atoms with Gasteiger partial charge in [0.05, 0.1) is 0 Å². The van der Waals surface area contributed by atoms with Crippen molar-refractivity contribution in [2.75, 3.05) is 13.2 Å². The second kappa shape index (κ2) is 12.4. The molecule has 0 aromatic heterocycles. The molecule has 0 saturated carbocycles. The van der Waals surface area contributed by atoms with Gasteiger partial charge in [0.25, 0.3) is 0 Å². The number of hydrogen-bond acceptors (Lipinski definition) is 1. The highest BCUT2D eigenvalue weighted by molar-refractivity contribution is 4.49. The quantitative estimate of drug-likeness (QED) is 0.414. The first-order valence-electron chi connectivity index (χ1n) is 7.70. The van der Waals surface area contributed by atoms with E-state index < -0.39 is 0 Å². The van der Waals surface area contributed by atoms with Gasteiger partial charge in [0.1, 0.15) is 0 Å². The molecule has 0 aliphatic rings. The molecule has 0 amide bonds. The van der Waals surface area contributed by atoms with Crippen molar-refractivity contribution in [3.63, 3.8) is 0 Å². The van der Waals surface area contributed by atoms with E-state index >= 15 is 0 Å². The van der Waals surface area contributed by atoms with E-state index in [1.165, 1.54) is 51.4 Å². The van der Waals surface area contributed by atoms with Crippen molar-refractivity contribution >= 4 is 0 Å². The molecule has 0 rings (SSSR count). The minimum Gasteiger partial charge on any atom is -0.381 e. The number of unbranched alkanes of at least 4 members (excludes halogenated alkanes) is 4. The lowest BCUT2D eigenvalue weighted by Gasteiger charge is -2.06. The van der Waals surface area contributed by atoms with Crippen molar-refractivity contribution in [3.05, 3.63) is 0 Å². The summed E-state index contributed by atoms with van der Waals surface area (Å²) in [5.74, 6) is 1.69. The average Bonchev–Trinajstić information content (AvgIpc) is 2.25. The first-order valence-corrected chi connectivity index (χ1v) is 7.70. The van der Waals surface area contributed by atoms with Gasteiger partial charge in [-0.25, -0.2) is 0 Å². The van der Waals surface area contributed by atoms with Gasteiger partial charge in [0.2, 0.25) is 0 Å². The molecule has 0 aromatic carbocycles. The van der Waals surface area contributed by atoms with E-state index in [1.54, 1.807) is 0 Å². The molecular formula is C16H34O. The van der Waals surface area contributed by atoms with Gasteiger partial charge in [-0.2, -0.15) is 0 Å². The molecule has 0 aliphatic carbocycles. The maximum atomic E-state index is 5.63. The molecule has 1 nitrogen and oxygen atoms in total. The molecule has 0 heterocycles. The van der Waals surface area contributed by atoms with E-state index in [4.69, 9.17) is 4.74 Å². The van der Waals surface area contributed by atoms with Crippen LogP contribution in [0.4, 0.5) is 0 Å². The fourth-order valence-corrected chi connectivity index (χ4v) is 1.98. The van der Waals surface area contributed by atoms with Crippen molar-refractivity contribution < 1.29 is 4.74 Å². The Morgan fingerprint density at radius 3 is 1.71 bits per heavy atom. The summed E-state index contributed by atoms with van der Waals surface area (Å²) < 4.78 is 5.63. The standard InChI is InChI=1S/C16H34O/c1-15(2)11-8-6-5-7-9-13-17-14-10-12-16(3)4/h15-16H,5-14H2,1-4H3. The van der Waals surface area contributed by atoms with Crippen LogP contribution in [0.5, 0.6) is 0 Å². The Labute approximate surface area is 109 Å². The zero-order chi connectivity index (χ0) is 12.9. The van der Waals surface area contributed by atoms with Gasteiger partial charge >= 0.3 is 0 Å². The van der Waals surface area contributed by atoms with E-state index in [0.717, 1.165) is 25.0 Å². The Morgan fingerprint density at radius 1 is 0.588 bits per heavy atom. The van der Waals surface area contributed by atoms with Crippen molar-refractivity contribution in [3.8, 4) is 0 Å². The summed E-state index contributed by atoms with van der Waals surface area (Å²) in [5, 5.41) is 0. The highest BCUT2D eigenvalue weighted by atomic mass is 16.5. The highest BCUT2D eigenvalue weighted by Crippen LogP contribution is 2.10. The summed E-state index contributed by atoms with van der Waals surface area (Å²) in [6, 6.07) is 0. The fraction of sp³-hybridized carbons (Fsp3) is 1.00. The molecule has 0 bridgehead atoms. The van der Waals surface area contributed by atoms with E-state index in [2.05, 4.69) is 27.7 Å². The lowest BCUT2D eigenvalue weighted by molar-refractivity contribution is 0.123. The Bertz CT molecular complexity index is 124. The first kappa shape index (κ1) is 17.0. The van der Waals surface area contributed by atoms with Crippen LogP contribution in [0.15, 0.2) is 0 Å². The van der Waals surface area contributed by atoms with Crippen LogP contribution in [-0.2, 0) is 4.74 Å². The van der Waals surface area contributed by atoms with Crippen LogP contribution in [0.25, 0.3) is 0 Å². The molecular weight excluding hydrogens is 208 g/mol. The van der Waals surface area contributed by atoms with E-state index in [1.807, 2.05) is 0 Å². The third-order valence-corrected chi connectivity index (χ3v) is 3.14. The number of hydrogen-bond donors (Lipinski definition) is 0. The molecule has 0 aliphatic heterocycles. The van der Waals surface area contributed by atoms with E-state index in [-0.39, 0.29) is 0 Å².